The highest BCUT2D eigenvalue weighted by molar-refractivity contribution is 8.00. The molecule has 3 aromatic carbocycles. The van der Waals surface area contributed by atoms with Crippen molar-refractivity contribution < 1.29 is 19.5 Å². The molecule has 0 unspecified atom stereocenters. The van der Waals surface area contributed by atoms with Gasteiger partial charge in [0.1, 0.15) is 0 Å². The highest BCUT2D eigenvalue weighted by Crippen LogP contribution is 2.26. The fourth-order valence-corrected chi connectivity index (χ4v) is 3.66. The fraction of sp³-hybridized carbons (Fsp3) is 0.0455. The molecule has 158 valence electrons. The summed E-state index contributed by atoms with van der Waals surface area (Å²) < 4.78 is 0. The number of benzene rings is 3. The van der Waals surface area contributed by atoms with E-state index in [1.54, 1.807) is 54.6 Å². The summed E-state index contributed by atoms with van der Waals surface area (Å²) in [4.78, 5) is 36.7. The zero-order valence-electron chi connectivity index (χ0n) is 15.9. The van der Waals surface area contributed by atoms with Crippen LogP contribution in [-0.4, -0.2) is 28.6 Å². The number of hydrogen-bond donors (Lipinski definition) is 3. The summed E-state index contributed by atoms with van der Waals surface area (Å²) in [6.45, 7) is 0. The molecule has 31 heavy (non-hydrogen) atoms. The van der Waals surface area contributed by atoms with Crippen molar-refractivity contribution in [3.63, 3.8) is 0 Å². The molecule has 0 radical (unpaired) electrons. The second-order valence-corrected chi connectivity index (χ2v) is 8.18. The minimum Gasteiger partial charge on any atom is -0.478 e. The van der Waals surface area contributed by atoms with Crippen molar-refractivity contribution in [2.24, 2.45) is 0 Å². The monoisotopic (exact) mass is 474 g/mol. The van der Waals surface area contributed by atoms with Gasteiger partial charge in [-0.05, 0) is 54.6 Å². The summed E-state index contributed by atoms with van der Waals surface area (Å²) in [7, 11) is 0. The molecule has 0 heterocycles. The predicted octanol–water partition coefficient (Wildman–Crippen LogP) is 5.67. The van der Waals surface area contributed by atoms with Gasteiger partial charge in [-0.25, -0.2) is 4.79 Å². The highest BCUT2D eigenvalue weighted by Gasteiger charge is 2.16. The maximum Gasteiger partial charge on any atom is 0.336 e. The molecule has 0 fully saturated rings. The van der Waals surface area contributed by atoms with Gasteiger partial charge in [0.05, 0.1) is 27.6 Å². The molecule has 0 spiro atoms. The van der Waals surface area contributed by atoms with E-state index in [1.807, 2.05) is 0 Å². The third-order valence-electron chi connectivity index (χ3n) is 4.09. The van der Waals surface area contributed by atoms with Crippen molar-refractivity contribution in [1.82, 2.24) is 0 Å². The zero-order valence-corrected chi connectivity index (χ0v) is 18.2. The van der Waals surface area contributed by atoms with Gasteiger partial charge < -0.3 is 15.7 Å². The molecule has 3 N–H and O–H groups in total. The number of carbonyl (C=O) groups is 3. The molecule has 0 atom stereocenters. The summed E-state index contributed by atoms with van der Waals surface area (Å²) >= 11 is 13.3. The SMILES string of the molecule is O=C(CSc1ccc(NC(=O)c2ccccc2C(=O)O)cc1)Nc1cc(Cl)ccc1Cl. The number of carboxylic acids is 1. The van der Waals surface area contributed by atoms with Gasteiger partial charge in [0.15, 0.2) is 0 Å². The zero-order chi connectivity index (χ0) is 22.4. The number of hydrogen-bond acceptors (Lipinski definition) is 4. The van der Waals surface area contributed by atoms with Crippen LogP contribution >= 0.6 is 35.0 Å². The first-order valence-electron chi connectivity index (χ1n) is 8.95. The van der Waals surface area contributed by atoms with Gasteiger partial charge in [0.25, 0.3) is 5.91 Å². The third-order valence-corrected chi connectivity index (χ3v) is 5.66. The number of anilines is 2. The Morgan fingerprint density at radius 2 is 1.55 bits per heavy atom. The first kappa shape index (κ1) is 22.7. The van der Waals surface area contributed by atoms with Gasteiger partial charge in [-0.3, -0.25) is 9.59 Å². The second-order valence-electron chi connectivity index (χ2n) is 6.29. The number of carbonyl (C=O) groups excluding carboxylic acids is 2. The van der Waals surface area contributed by atoms with Crippen molar-refractivity contribution in [2.45, 2.75) is 4.90 Å². The van der Waals surface area contributed by atoms with Crippen molar-refractivity contribution in [3.05, 3.63) is 87.9 Å². The lowest BCUT2D eigenvalue weighted by Crippen LogP contribution is -2.16. The normalized spacial score (nSPS) is 10.4. The van der Waals surface area contributed by atoms with Gasteiger partial charge in [0, 0.05) is 15.6 Å². The number of amides is 2. The van der Waals surface area contributed by atoms with Crippen LogP contribution in [0.2, 0.25) is 10.0 Å². The summed E-state index contributed by atoms with van der Waals surface area (Å²) in [6, 6.07) is 17.7. The lowest BCUT2D eigenvalue weighted by atomic mass is 10.1. The average molecular weight is 475 g/mol. The molecular formula is C22H16Cl2N2O4S. The number of rotatable bonds is 7. The molecule has 3 aromatic rings. The molecular weight excluding hydrogens is 459 g/mol. The lowest BCUT2D eigenvalue weighted by Gasteiger charge is -2.09. The van der Waals surface area contributed by atoms with E-state index in [0.717, 1.165) is 4.90 Å². The van der Waals surface area contributed by atoms with E-state index >= 15 is 0 Å². The van der Waals surface area contributed by atoms with Gasteiger partial charge in [-0.1, -0.05) is 35.3 Å². The Balaban J connectivity index is 1.57. The Hall–Kier alpha value is -3.00. The Bertz CT molecular complexity index is 1140. The molecule has 2 amide bonds. The van der Waals surface area contributed by atoms with Crippen LogP contribution in [0.5, 0.6) is 0 Å². The van der Waals surface area contributed by atoms with Crippen LogP contribution in [0, 0.1) is 0 Å². The van der Waals surface area contributed by atoms with Crippen LogP contribution in [-0.2, 0) is 4.79 Å². The molecule has 0 bridgehead atoms. The summed E-state index contributed by atoms with van der Waals surface area (Å²) in [5.74, 6) is -1.77. The van der Waals surface area contributed by atoms with Crippen LogP contribution in [0.3, 0.4) is 0 Å². The molecule has 0 aliphatic carbocycles. The van der Waals surface area contributed by atoms with E-state index in [1.165, 1.54) is 23.9 Å². The highest BCUT2D eigenvalue weighted by atomic mass is 35.5. The van der Waals surface area contributed by atoms with Crippen LogP contribution in [0.1, 0.15) is 20.7 Å². The molecule has 0 saturated heterocycles. The first-order chi connectivity index (χ1) is 14.8. The average Bonchev–Trinajstić information content (AvgIpc) is 2.75. The Morgan fingerprint density at radius 1 is 0.871 bits per heavy atom. The van der Waals surface area contributed by atoms with Crippen molar-refractivity contribution in [3.8, 4) is 0 Å². The first-order valence-corrected chi connectivity index (χ1v) is 10.7. The predicted molar refractivity (Wildman–Crippen MR) is 124 cm³/mol. The molecule has 9 heteroatoms. The maximum absolute atomic E-state index is 12.4. The van der Waals surface area contributed by atoms with Gasteiger partial charge in [-0.2, -0.15) is 0 Å². The van der Waals surface area contributed by atoms with E-state index in [0.29, 0.717) is 21.4 Å². The van der Waals surface area contributed by atoms with Crippen molar-refractivity contribution >= 4 is 64.1 Å². The summed E-state index contributed by atoms with van der Waals surface area (Å²) in [6.07, 6.45) is 0. The van der Waals surface area contributed by atoms with Crippen LogP contribution in [0.25, 0.3) is 0 Å². The quantitative estimate of drug-likeness (QED) is 0.383. The number of halogens is 2. The summed E-state index contributed by atoms with van der Waals surface area (Å²) in [5.41, 5.74) is 0.951. The number of aromatic carboxylic acids is 1. The Kier molecular flexibility index (Phi) is 7.57. The van der Waals surface area contributed by atoms with Crippen LogP contribution < -0.4 is 10.6 Å². The number of thioether (sulfide) groups is 1. The summed E-state index contributed by atoms with van der Waals surface area (Å²) in [5, 5.41) is 15.5. The molecule has 0 aliphatic heterocycles. The van der Waals surface area contributed by atoms with Crippen LogP contribution in [0.15, 0.2) is 71.6 Å². The van der Waals surface area contributed by atoms with Crippen molar-refractivity contribution in [2.75, 3.05) is 16.4 Å². The van der Waals surface area contributed by atoms with E-state index in [9.17, 15) is 19.5 Å². The third kappa shape index (κ3) is 6.24. The van der Waals surface area contributed by atoms with Gasteiger partial charge in [-0.15, -0.1) is 11.8 Å². The fourth-order valence-electron chi connectivity index (χ4n) is 2.63. The molecule has 0 aliphatic rings. The Morgan fingerprint density at radius 3 is 2.23 bits per heavy atom. The second kappa shape index (κ2) is 10.3. The molecule has 3 rings (SSSR count). The standard InChI is InChI=1S/C22H16Cl2N2O4S/c23-13-5-10-18(24)19(11-13)26-20(27)12-31-15-8-6-14(7-9-15)25-21(28)16-3-1-2-4-17(16)22(29)30/h1-11H,12H2,(H,25,28)(H,26,27)(H,29,30). The largest absolute Gasteiger partial charge is 0.478 e. The van der Waals surface area contributed by atoms with E-state index in [-0.39, 0.29) is 22.8 Å². The smallest absolute Gasteiger partial charge is 0.336 e. The van der Waals surface area contributed by atoms with Crippen LogP contribution in [0.4, 0.5) is 11.4 Å². The molecule has 6 nitrogen and oxygen atoms in total. The topological polar surface area (TPSA) is 95.5 Å². The van der Waals surface area contributed by atoms with Crippen molar-refractivity contribution in [1.29, 1.82) is 0 Å². The van der Waals surface area contributed by atoms with E-state index in [4.69, 9.17) is 23.2 Å². The van der Waals surface area contributed by atoms with E-state index in [2.05, 4.69) is 10.6 Å². The maximum atomic E-state index is 12.4. The Labute approximate surface area is 192 Å². The lowest BCUT2D eigenvalue weighted by molar-refractivity contribution is -0.113. The number of carboxylic acid groups (broad SMARTS) is 1. The number of nitrogens with one attached hydrogen (secondary N) is 2. The molecule has 0 aromatic heterocycles. The molecule has 0 saturated carbocycles. The van der Waals surface area contributed by atoms with E-state index < -0.39 is 11.9 Å². The minimum absolute atomic E-state index is 0.0713. The minimum atomic E-state index is -1.17. The van der Waals surface area contributed by atoms with Gasteiger partial charge >= 0.3 is 5.97 Å². The van der Waals surface area contributed by atoms with Gasteiger partial charge in [0.2, 0.25) is 5.91 Å².